The van der Waals surface area contributed by atoms with Crippen molar-refractivity contribution in [2.45, 2.75) is 18.6 Å². The van der Waals surface area contributed by atoms with E-state index in [2.05, 4.69) is 15.5 Å². The summed E-state index contributed by atoms with van der Waals surface area (Å²) in [5.41, 5.74) is 0.937. The molecule has 20 heavy (non-hydrogen) atoms. The Hall–Kier alpha value is -1.96. The van der Waals surface area contributed by atoms with Crippen LogP contribution in [0.1, 0.15) is 28.6 Å². The maximum absolute atomic E-state index is 11.0. The molecule has 2 unspecified atom stereocenters. The van der Waals surface area contributed by atoms with Gasteiger partial charge in [0.2, 0.25) is 0 Å². The quantitative estimate of drug-likeness (QED) is 0.518. The van der Waals surface area contributed by atoms with Crippen LogP contribution in [-0.4, -0.2) is 51.2 Å². The monoisotopic (exact) mass is 279 g/mol. The van der Waals surface area contributed by atoms with Gasteiger partial charge in [0.25, 0.3) is 0 Å². The maximum Gasteiger partial charge on any atom is 0.357 e. The van der Waals surface area contributed by atoms with Crippen LogP contribution >= 0.6 is 0 Å². The molecule has 0 radical (unpaired) electrons. The number of carboxylic acids is 1. The van der Waals surface area contributed by atoms with Gasteiger partial charge in [-0.1, -0.05) is 6.07 Å². The van der Waals surface area contributed by atoms with Gasteiger partial charge in [-0.2, -0.15) is 5.10 Å². The van der Waals surface area contributed by atoms with E-state index in [9.17, 15) is 15.0 Å². The summed E-state index contributed by atoms with van der Waals surface area (Å²) in [6.07, 6.45) is -1.59. The first-order valence-electron chi connectivity index (χ1n) is 6.26. The summed E-state index contributed by atoms with van der Waals surface area (Å²) in [4.78, 5) is 11.0. The van der Waals surface area contributed by atoms with Crippen LogP contribution in [0.3, 0.4) is 0 Å². The first-order chi connectivity index (χ1) is 9.54. The van der Waals surface area contributed by atoms with Gasteiger partial charge in [-0.15, -0.1) is 0 Å². The van der Waals surface area contributed by atoms with Crippen molar-refractivity contribution in [1.29, 1.82) is 0 Å². The molecule has 5 N–H and O–H groups in total. The second-order valence-corrected chi connectivity index (χ2v) is 4.59. The van der Waals surface area contributed by atoms with Crippen molar-refractivity contribution < 1.29 is 20.1 Å². The van der Waals surface area contributed by atoms with E-state index in [1.165, 1.54) is 6.07 Å². The van der Waals surface area contributed by atoms with Crippen LogP contribution in [0.2, 0.25) is 0 Å². The third-order valence-corrected chi connectivity index (χ3v) is 3.19. The molecule has 108 valence electrons. The minimum absolute atomic E-state index is 0.0984. The third kappa shape index (κ3) is 2.79. The Morgan fingerprint density at radius 1 is 1.45 bits per heavy atom. The Labute approximate surface area is 115 Å². The Balaban J connectivity index is 2.30. The molecule has 2 atom stereocenters. The highest BCUT2D eigenvalue weighted by molar-refractivity contribution is 6.01. The van der Waals surface area contributed by atoms with Crippen LogP contribution in [0.25, 0.3) is 10.9 Å². The van der Waals surface area contributed by atoms with E-state index in [0.717, 1.165) is 0 Å². The molecule has 1 aromatic heterocycles. The Bertz CT molecular complexity index is 611. The highest BCUT2D eigenvalue weighted by atomic mass is 16.4. The average Bonchev–Trinajstić information content (AvgIpc) is 2.86. The molecule has 0 bridgehead atoms. The second-order valence-electron chi connectivity index (χ2n) is 4.59. The summed E-state index contributed by atoms with van der Waals surface area (Å²) >= 11 is 0. The maximum atomic E-state index is 11.0. The smallest absolute Gasteiger partial charge is 0.357 e. The fourth-order valence-corrected chi connectivity index (χ4v) is 2.05. The number of rotatable bonds is 6. The van der Waals surface area contributed by atoms with Gasteiger partial charge in [0.05, 0.1) is 11.6 Å². The Kier molecular flexibility index (Phi) is 4.33. The number of aliphatic hydroxyl groups excluding tert-OH is 2. The fourth-order valence-electron chi connectivity index (χ4n) is 2.05. The van der Waals surface area contributed by atoms with Crippen LogP contribution < -0.4 is 5.32 Å². The van der Waals surface area contributed by atoms with E-state index < -0.39 is 18.2 Å². The number of aromatic carboxylic acids is 1. The summed E-state index contributed by atoms with van der Waals surface area (Å²) in [5, 5.41) is 38.6. The molecule has 0 amide bonds. The number of H-pyrrole nitrogens is 1. The Morgan fingerprint density at radius 3 is 2.85 bits per heavy atom. The summed E-state index contributed by atoms with van der Waals surface area (Å²) in [5.74, 6) is -1.14. The highest BCUT2D eigenvalue weighted by Gasteiger charge is 2.20. The number of aromatic nitrogens is 2. The lowest BCUT2D eigenvalue weighted by molar-refractivity contribution is 0.0141. The van der Waals surface area contributed by atoms with Crippen molar-refractivity contribution in [3.8, 4) is 0 Å². The molecule has 0 spiro atoms. The van der Waals surface area contributed by atoms with Crippen LogP contribution in [0.5, 0.6) is 0 Å². The molecule has 1 aromatic carbocycles. The number of carboxylic acid groups (broad SMARTS) is 1. The minimum atomic E-state index is -1.14. The SMILES string of the molecule is CNCCC(O)C(O)c1ccc2[nH]nc(C(=O)O)c2c1. The molecule has 0 saturated carbocycles. The first-order valence-corrected chi connectivity index (χ1v) is 6.26. The molecule has 0 fully saturated rings. The number of benzene rings is 1. The van der Waals surface area contributed by atoms with E-state index in [-0.39, 0.29) is 5.69 Å². The lowest BCUT2D eigenvalue weighted by Gasteiger charge is -2.18. The van der Waals surface area contributed by atoms with Gasteiger partial charge >= 0.3 is 5.97 Å². The molecular weight excluding hydrogens is 262 g/mol. The predicted octanol–water partition coefficient (Wildman–Crippen LogP) is 0.265. The third-order valence-electron chi connectivity index (χ3n) is 3.19. The number of nitrogens with zero attached hydrogens (tertiary/aromatic N) is 1. The fraction of sp³-hybridized carbons (Fsp3) is 0.385. The van der Waals surface area contributed by atoms with Crippen molar-refractivity contribution in [2.24, 2.45) is 0 Å². The van der Waals surface area contributed by atoms with Crippen molar-refractivity contribution >= 4 is 16.9 Å². The summed E-state index contributed by atoms with van der Waals surface area (Å²) in [6, 6.07) is 4.81. The van der Waals surface area contributed by atoms with Gasteiger partial charge in [0, 0.05) is 5.39 Å². The highest BCUT2D eigenvalue weighted by Crippen LogP contribution is 2.24. The van der Waals surface area contributed by atoms with Crippen molar-refractivity contribution in [1.82, 2.24) is 15.5 Å². The zero-order valence-electron chi connectivity index (χ0n) is 11.0. The van der Waals surface area contributed by atoms with E-state index in [1.807, 2.05) is 0 Å². The summed E-state index contributed by atoms with van der Waals surface area (Å²) in [7, 11) is 1.76. The number of fused-ring (bicyclic) bond motifs is 1. The molecule has 2 aromatic rings. The van der Waals surface area contributed by atoms with Crippen LogP contribution in [0.15, 0.2) is 18.2 Å². The molecular formula is C13H17N3O4. The molecule has 7 heteroatoms. The number of hydrogen-bond donors (Lipinski definition) is 5. The number of aromatic amines is 1. The van der Waals surface area contributed by atoms with E-state index in [1.54, 1.807) is 19.2 Å². The zero-order valence-corrected chi connectivity index (χ0v) is 11.0. The molecule has 1 heterocycles. The number of nitrogens with one attached hydrogen (secondary N) is 2. The molecule has 7 nitrogen and oxygen atoms in total. The number of carbonyl (C=O) groups is 1. The Morgan fingerprint density at radius 2 is 2.20 bits per heavy atom. The standard InChI is InChI=1S/C13H17N3O4/c1-14-5-4-10(17)12(18)7-2-3-9-8(6-7)11(13(19)20)16-15-9/h2-3,6,10,12,14,17-18H,4-5H2,1H3,(H,15,16)(H,19,20). The normalized spacial score (nSPS) is 14.3. The molecule has 0 aliphatic carbocycles. The molecule has 0 aliphatic heterocycles. The van der Waals surface area contributed by atoms with E-state index in [0.29, 0.717) is 29.4 Å². The van der Waals surface area contributed by atoms with Gasteiger partial charge in [0.1, 0.15) is 6.10 Å². The van der Waals surface area contributed by atoms with E-state index in [4.69, 9.17) is 5.11 Å². The van der Waals surface area contributed by atoms with Crippen LogP contribution in [-0.2, 0) is 0 Å². The largest absolute Gasteiger partial charge is 0.476 e. The van der Waals surface area contributed by atoms with Crippen LogP contribution in [0.4, 0.5) is 0 Å². The first kappa shape index (κ1) is 14.4. The second kappa shape index (κ2) is 6.00. The predicted molar refractivity (Wildman–Crippen MR) is 72.6 cm³/mol. The average molecular weight is 279 g/mol. The lowest BCUT2D eigenvalue weighted by Crippen LogP contribution is -2.23. The number of hydrogen-bond acceptors (Lipinski definition) is 5. The van der Waals surface area contributed by atoms with Crippen molar-refractivity contribution in [2.75, 3.05) is 13.6 Å². The van der Waals surface area contributed by atoms with Crippen molar-refractivity contribution in [3.63, 3.8) is 0 Å². The van der Waals surface area contributed by atoms with Gasteiger partial charge in [-0.3, -0.25) is 5.10 Å². The van der Waals surface area contributed by atoms with Crippen molar-refractivity contribution in [3.05, 3.63) is 29.5 Å². The van der Waals surface area contributed by atoms with Crippen LogP contribution in [0, 0.1) is 0 Å². The van der Waals surface area contributed by atoms with Gasteiger partial charge in [0.15, 0.2) is 5.69 Å². The summed E-state index contributed by atoms with van der Waals surface area (Å²) in [6.45, 7) is 0.576. The minimum Gasteiger partial charge on any atom is -0.476 e. The van der Waals surface area contributed by atoms with E-state index >= 15 is 0 Å². The lowest BCUT2D eigenvalue weighted by atomic mass is 10.00. The van der Waals surface area contributed by atoms with Gasteiger partial charge in [-0.25, -0.2) is 4.79 Å². The zero-order chi connectivity index (χ0) is 14.7. The van der Waals surface area contributed by atoms with Gasteiger partial charge in [-0.05, 0) is 37.7 Å². The molecule has 0 saturated heterocycles. The molecule has 0 aliphatic rings. The van der Waals surface area contributed by atoms with Gasteiger partial charge < -0.3 is 20.6 Å². The topological polar surface area (TPSA) is 118 Å². The summed E-state index contributed by atoms with van der Waals surface area (Å²) < 4.78 is 0. The number of aliphatic hydroxyl groups is 2. The molecule has 2 rings (SSSR count).